The van der Waals surface area contributed by atoms with Gasteiger partial charge in [0.25, 0.3) is 0 Å². The van der Waals surface area contributed by atoms with Gasteiger partial charge in [0.1, 0.15) is 0 Å². The zero-order valence-electron chi connectivity index (χ0n) is 13.0. The molecule has 0 aromatic heterocycles. The Morgan fingerprint density at radius 2 is 1.90 bits per heavy atom. The van der Waals surface area contributed by atoms with Crippen molar-refractivity contribution >= 4 is 16.0 Å². The summed E-state index contributed by atoms with van der Waals surface area (Å²) in [6.45, 7) is 6.79. The average molecular weight is 308 g/mol. The topological polar surface area (TPSA) is 83.0 Å². The molecule has 0 unspecified atom stereocenters. The Morgan fingerprint density at radius 1 is 1.25 bits per heavy atom. The van der Waals surface area contributed by atoms with Crippen molar-refractivity contribution in [2.24, 2.45) is 4.99 Å². The quantitative estimate of drug-likeness (QED) is 0.333. The molecule has 0 saturated carbocycles. The second kappa shape index (κ2) is 10.9. The number of rotatable bonds is 10. The molecular weight excluding hydrogens is 280 g/mol. The molecule has 2 N–H and O–H groups in total. The normalized spacial score (nSPS) is 12.8. The van der Waals surface area contributed by atoms with Crippen LogP contribution in [-0.2, 0) is 14.8 Å². The molecule has 7 nitrogen and oxygen atoms in total. The van der Waals surface area contributed by atoms with Gasteiger partial charge in [-0.25, -0.2) is 12.7 Å². The van der Waals surface area contributed by atoms with Crippen molar-refractivity contribution in [1.29, 1.82) is 0 Å². The molecule has 0 rings (SSSR count). The number of hydrogen-bond donors (Lipinski definition) is 2. The largest absolute Gasteiger partial charge is 0.380 e. The summed E-state index contributed by atoms with van der Waals surface area (Å²) < 4.78 is 29.7. The van der Waals surface area contributed by atoms with Crippen LogP contribution in [0.25, 0.3) is 0 Å². The van der Waals surface area contributed by atoms with E-state index in [-0.39, 0.29) is 5.75 Å². The van der Waals surface area contributed by atoms with E-state index in [1.165, 1.54) is 4.31 Å². The molecule has 0 aromatic rings. The molecule has 0 amide bonds. The molecule has 0 aromatic carbocycles. The highest BCUT2D eigenvalue weighted by atomic mass is 32.2. The summed E-state index contributed by atoms with van der Waals surface area (Å²) in [4.78, 5) is 4.07. The minimum absolute atomic E-state index is 0.136. The molecule has 0 spiro atoms. The average Bonchev–Trinajstić information content (AvgIpc) is 2.45. The van der Waals surface area contributed by atoms with Crippen molar-refractivity contribution in [1.82, 2.24) is 14.9 Å². The number of ether oxygens (including phenoxy) is 1. The lowest BCUT2D eigenvalue weighted by Crippen LogP contribution is -2.40. The van der Waals surface area contributed by atoms with Crippen molar-refractivity contribution in [2.45, 2.75) is 20.3 Å². The van der Waals surface area contributed by atoms with E-state index in [0.29, 0.717) is 38.8 Å². The molecule has 0 radical (unpaired) electrons. The minimum atomic E-state index is -3.08. The maximum absolute atomic E-state index is 11.5. The van der Waals surface area contributed by atoms with E-state index >= 15 is 0 Å². The third-order valence-electron chi connectivity index (χ3n) is 2.75. The SMILES string of the molecule is CCOCCNC(=NC)NCCCN(C)S(=O)(=O)CC. The lowest BCUT2D eigenvalue weighted by atomic mass is 10.4. The van der Waals surface area contributed by atoms with Gasteiger partial charge >= 0.3 is 0 Å². The van der Waals surface area contributed by atoms with Crippen molar-refractivity contribution < 1.29 is 13.2 Å². The van der Waals surface area contributed by atoms with Crippen LogP contribution in [-0.4, -0.2) is 71.4 Å². The summed E-state index contributed by atoms with van der Waals surface area (Å²) in [7, 11) is 0.221. The summed E-state index contributed by atoms with van der Waals surface area (Å²) in [5.74, 6) is 0.836. The zero-order chi connectivity index (χ0) is 15.4. The van der Waals surface area contributed by atoms with E-state index in [1.807, 2.05) is 6.92 Å². The molecule has 0 aliphatic heterocycles. The Balaban J connectivity index is 3.81. The second-order valence-electron chi connectivity index (χ2n) is 4.20. The molecule has 120 valence electrons. The Morgan fingerprint density at radius 3 is 2.45 bits per heavy atom. The number of sulfonamides is 1. The highest BCUT2D eigenvalue weighted by Gasteiger charge is 2.13. The summed E-state index contributed by atoms with van der Waals surface area (Å²) in [5.41, 5.74) is 0. The van der Waals surface area contributed by atoms with Crippen LogP contribution in [0.5, 0.6) is 0 Å². The molecule has 0 aliphatic carbocycles. The summed E-state index contributed by atoms with van der Waals surface area (Å²) >= 11 is 0. The number of hydrogen-bond acceptors (Lipinski definition) is 4. The fourth-order valence-corrected chi connectivity index (χ4v) is 2.32. The number of nitrogens with one attached hydrogen (secondary N) is 2. The first-order valence-electron chi connectivity index (χ1n) is 6.94. The standard InChI is InChI=1S/C12H28N4O3S/c1-5-19-11-9-15-12(13-3)14-8-7-10-16(4)20(17,18)6-2/h5-11H2,1-4H3,(H2,13,14,15). The van der Waals surface area contributed by atoms with Crippen LogP contribution in [0.2, 0.25) is 0 Å². The van der Waals surface area contributed by atoms with Crippen LogP contribution in [0.4, 0.5) is 0 Å². The van der Waals surface area contributed by atoms with E-state index in [2.05, 4.69) is 15.6 Å². The second-order valence-corrected chi connectivity index (χ2v) is 6.56. The van der Waals surface area contributed by atoms with E-state index in [1.54, 1.807) is 21.0 Å². The Labute approximate surface area is 122 Å². The van der Waals surface area contributed by atoms with Crippen LogP contribution in [0.1, 0.15) is 20.3 Å². The predicted molar refractivity (Wildman–Crippen MR) is 82.6 cm³/mol. The lowest BCUT2D eigenvalue weighted by Gasteiger charge is -2.16. The fourth-order valence-electron chi connectivity index (χ4n) is 1.47. The monoisotopic (exact) mass is 308 g/mol. The molecule has 0 heterocycles. The van der Waals surface area contributed by atoms with E-state index < -0.39 is 10.0 Å². The van der Waals surface area contributed by atoms with Gasteiger partial charge in [-0.15, -0.1) is 0 Å². The van der Waals surface area contributed by atoms with Gasteiger partial charge < -0.3 is 15.4 Å². The maximum atomic E-state index is 11.5. The molecule has 0 aliphatic rings. The predicted octanol–water partition coefficient (Wildman–Crippen LogP) is -0.140. The van der Waals surface area contributed by atoms with Crippen LogP contribution < -0.4 is 10.6 Å². The number of guanidine groups is 1. The van der Waals surface area contributed by atoms with E-state index in [0.717, 1.165) is 6.42 Å². The van der Waals surface area contributed by atoms with Gasteiger partial charge in [-0.3, -0.25) is 4.99 Å². The minimum Gasteiger partial charge on any atom is -0.380 e. The number of nitrogens with zero attached hydrogens (tertiary/aromatic N) is 2. The van der Waals surface area contributed by atoms with Gasteiger partial charge in [0.2, 0.25) is 10.0 Å². The summed E-state index contributed by atoms with van der Waals surface area (Å²) in [5, 5.41) is 6.25. The van der Waals surface area contributed by atoms with Crippen molar-refractivity contribution in [3.8, 4) is 0 Å². The highest BCUT2D eigenvalue weighted by molar-refractivity contribution is 7.89. The first kappa shape index (κ1) is 19.1. The Hall–Kier alpha value is -0.860. The molecule has 20 heavy (non-hydrogen) atoms. The summed E-state index contributed by atoms with van der Waals surface area (Å²) in [6.07, 6.45) is 0.724. The van der Waals surface area contributed by atoms with E-state index in [9.17, 15) is 8.42 Å². The first-order chi connectivity index (χ1) is 9.47. The Kier molecular flexibility index (Phi) is 10.4. The summed E-state index contributed by atoms with van der Waals surface area (Å²) in [6, 6.07) is 0. The zero-order valence-corrected chi connectivity index (χ0v) is 13.8. The van der Waals surface area contributed by atoms with Crippen molar-refractivity contribution in [3.63, 3.8) is 0 Å². The van der Waals surface area contributed by atoms with Gasteiger partial charge in [-0.2, -0.15) is 0 Å². The van der Waals surface area contributed by atoms with Crippen LogP contribution in [0.15, 0.2) is 4.99 Å². The first-order valence-corrected chi connectivity index (χ1v) is 8.55. The molecule has 8 heteroatoms. The van der Waals surface area contributed by atoms with Crippen molar-refractivity contribution in [2.75, 3.05) is 52.7 Å². The highest BCUT2D eigenvalue weighted by Crippen LogP contribution is 1.98. The molecule has 0 bridgehead atoms. The maximum Gasteiger partial charge on any atom is 0.213 e. The van der Waals surface area contributed by atoms with Gasteiger partial charge in [0.05, 0.1) is 12.4 Å². The van der Waals surface area contributed by atoms with Gasteiger partial charge in [-0.05, 0) is 20.3 Å². The van der Waals surface area contributed by atoms with Crippen LogP contribution in [0.3, 0.4) is 0 Å². The lowest BCUT2D eigenvalue weighted by molar-refractivity contribution is 0.152. The molecule has 0 atom stereocenters. The molecule has 0 fully saturated rings. The number of aliphatic imine (C=N–C) groups is 1. The van der Waals surface area contributed by atoms with Crippen LogP contribution >= 0.6 is 0 Å². The third kappa shape index (κ3) is 8.34. The molecular formula is C12H28N4O3S. The smallest absolute Gasteiger partial charge is 0.213 e. The third-order valence-corrected chi connectivity index (χ3v) is 4.61. The van der Waals surface area contributed by atoms with Crippen LogP contribution in [0, 0.1) is 0 Å². The molecule has 0 saturated heterocycles. The van der Waals surface area contributed by atoms with Gasteiger partial charge in [-0.1, -0.05) is 0 Å². The van der Waals surface area contributed by atoms with Gasteiger partial charge in [0.15, 0.2) is 5.96 Å². The van der Waals surface area contributed by atoms with E-state index in [4.69, 9.17) is 4.74 Å². The fraction of sp³-hybridized carbons (Fsp3) is 0.917. The Bertz CT molecular complexity index is 371. The van der Waals surface area contributed by atoms with Crippen molar-refractivity contribution in [3.05, 3.63) is 0 Å². The van der Waals surface area contributed by atoms with Gasteiger partial charge in [0, 0.05) is 40.3 Å².